The average molecular weight is 586 g/mol. The van der Waals surface area contributed by atoms with Gasteiger partial charge in [-0.25, -0.2) is 15.0 Å². The van der Waals surface area contributed by atoms with E-state index in [1.165, 1.54) is 11.3 Å². The summed E-state index contributed by atoms with van der Waals surface area (Å²) in [5.41, 5.74) is 7.57. The van der Waals surface area contributed by atoms with Crippen LogP contribution >= 0.6 is 22.9 Å². The first-order valence-electron chi connectivity index (χ1n) is 13.4. The standard InChI is InChI=1S/C28H36ClN7O3S/c1-17(14-21(30)28(38)39)6-5-9-35-10-12-36(13-11-35)24-15-23(32-19(3)33-24)34-26(37)27-31-16-22(40-27)25-18(2)7-4-8-20(25)29/h4,7-8,15-17,21H,5-6,9-14,30H2,1-3H3,(H,38,39)(H,32,33,34,37). The first kappa shape index (κ1) is 29.9. The van der Waals surface area contributed by atoms with E-state index in [2.05, 4.69) is 37.0 Å². The number of carbonyl (C=O) groups excluding carboxylic acids is 1. The van der Waals surface area contributed by atoms with Gasteiger partial charge in [-0.2, -0.15) is 0 Å². The van der Waals surface area contributed by atoms with Crippen LogP contribution < -0.4 is 16.0 Å². The SMILES string of the molecule is Cc1nc(NC(=O)c2ncc(-c3c(C)cccc3Cl)s2)cc(N2CCN(CCCC(C)CC(N)C(=O)O)CC2)n1. The zero-order valence-corrected chi connectivity index (χ0v) is 24.6. The van der Waals surface area contributed by atoms with Gasteiger partial charge in [0, 0.05) is 49.0 Å². The molecule has 0 aliphatic carbocycles. The highest BCUT2D eigenvalue weighted by atomic mass is 35.5. The van der Waals surface area contributed by atoms with E-state index in [1.54, 1.807) is 12.3 Å². The predicted octanol–water partition coefficient (Wildman–Crippen LogP) is 4.46. The second-order valence-corrected chi connectivity index (χ2v) is 11.8. The molecule has 0 bridgehead atoms. The minimum absolute atomic E-state index is 0.279. The minimum atomic E-state index is -0.938. The number of thiazole rings is 1. The van der Waals surface area contributed by atoms with E-state index in [0.717, 1.165) is 67.4 Å². The first-order chi connectivity index (χ1) is 19.1. The lowest BCUT2D eigenvalue weighted by Gasteiger charge is -2.35. The van der Waals surface area contributed by atoms with Gasteiger partial charge < -0.3 is 21.1 Å². The van der Waals surface area contributed by atoms with E-state index >= 15 is 0 Å². The lowest BCUT2D eigenvalue weighted by Crippen LogP contribution is -2.47. The van der Waals surface area contributed by atoms with Crippen LogP contribution in [0.1, 0.15) is 47.4 Å². The molecule has 1 fully saturated rings. The Balaban J connectivity index is 1.30. The van der Waals surface area contributed by atoms with Crippen LogP contribution in [-0.4, -0.2) is 75.6 Å². The first-order valence-corrected chi connectivity index (χ1v) is 14.6. The van der Waals surface area contributed by atoms with Crippen LogP contribution in [0.15, 0.2) is 30.5 Å². The highest BCUT2D eigenvalue weighted by Crippen LogP contribution is 2.35. The fourth-order valence-corrected chi connectivity index (χ4v) is 6.22. The molecule has 40 heavy (non-hydrogen) atoms. The number of benzene rings is 1. The van der Waals surface area contributed by atoms with Crippen LogP contribution in [0, 0.1) is 19.8 Å². The molecule has 1 saturated heterocycles. The molecule has 1 aromatic carbocycles. The van der Waals surface area contributed by atoms with E-state index < -0.39 is 12.0 Å². The van der Waals surface area contributed by atoms with Crippen LogP contribution in [0.4, 0.5) is 11.6 Å². The lowest BCUT2D eigenvalue weighted by molar-refractivity contribution is -0.138. The third-order valence-electron chi connectivity index (χ3n) is 7.08. The van der Waals surface area contributed by atoms with Crippen LogP contribution in [0.5, 0.6) is 0 Å². The summed E-state index contributed by atoms with van der Waals surface area (Å²) < 4.78 is 0. The number of carboxylic acids is 1. The number of nitrogens with two attached hydrogens (primary N) is 1. The van der Waals surface area contributed by atoms with Gasteiger partial charge in [-0.05, 0) is 57.2 Å². The molecule has 12 heteroatoms. The van der Waals surface area contributed by atoms with Crippen molar-refractivity contribution in [2.75, 3.05) is 42.9 Å². The van der Waals surface area contributed by atoms with Gasteiger partial charge in [0.15, 0.2) is 5.01 Å². The fourth-order valence-electron chi connectivity index (χ4n) is 4.90. The van der Waals surface area contributed by atoms with Crippen LogP contribution in [0.3, 0.4) is 0 Å². The van der Waals surface area contributed by atoms with E-state index in [-0.39, 0.29) is 11.8 Å². The number of aliphatic carboxylic acids is 1. The molecule has 3 heterocycles. The number of amides is 1. The predicted molar refractivity (Wildman–Crippen MR) is 159 cm³/mol. The number of nitrogens with zero attached hydrogens (tertiary/aromatic N) is 5. The number of nitrogens with one attached hydrogen (secondary N) is 1. The van der Waals surface area contributed by atoms with E-state index in [4.69, 9.17) is 22.4 Å². The maximum atomic E-state index is 13.0. The smallest absolute Gasteiger partial charge is 0.320 e. The molecular formula is C28H36ClN7O3S. The van der Waals surface area contributed by atoms with Crippen LogP contribution in [0.25, 0.3) is 10.4 Å². The minimum Gasteiger partial charge on any atom is -0.480 e. The van der Waals surface area contributed by atoms with Crippen molar-refractivity contribution < 1.29 is 14.7 Å². The molecule has 10 nitrogen and oxygen atoms in total. The highest BCUT2D eigenvalue weighted by Gasteiger charge is 2.21. The van der Waals surface area contributed by atoms with Gasteiger partial charge in [0.1, 0.15) is 23.5 Å². The zero-order valence-electron chi connectivity index (χ0n) is 23.1. The van der Waals surface area contributed by atoms with Gasteiger partial charge in [-0.15, -0.1) is 11.3 Å². The fraction of sp³-hybridized carbons (Fsp3) is 0.464. The third kappa shape index (κ3) is 7.75. The molecule has 0 radical (unpaired) electrons. The number of hydrogen-bond acceptors (Lipinski definition) is 9. The number of carboxylic acid groups (broad SMARTS) is 1. The number of rotatable bonds is 11. The summed E-state index contributed by atoms with van der Waals surface area (Å²) >= 11 is 7.69. The summed E-state index contributed by atoms with van der Waals surface area (Å²) in [5.74, 6) is 0.816. The molecule has 3 aromatic rings. The Morgan fingerprint density at radius 1 is 1.20 bits per heavy atom. The molecule has 1 aliphatic heterocycles. The summed E-state index contributed by atoms with van der Waals surface area (Å²) in [7, 11) is 0. The molecule has 2 aromatic heterocycles. The number of carbonyl (C=O) groups is 2. The monoisotopic (exact) mass is 585 g/mol. The van der Waals surface area contributed by atoms with Crippen molar-refractivity contribution in [2.45, 2.75) is 46.1 Å². The number of hydrogen-bond donors (Lipinski definition) is 3. The van der Waals surface area contributed by atoms with E-state index in [1.807, 2.05) is 32.0 Å². The van der Waals surface area contributed by atoms with Gasteiger partial charge in [-0.1, -0.05) is 30.7 Å². The average Bonchev–Trinajstić information content (AvgIpc) is 3.38. The zero-order chi connectivity index (χ0) is 28.8. The van der Waals surface area contributed by atoms with Crippen molar-refractivity contribution in [3.05, 3.63) is 51.9 Å². The molecule has 4 rings (SSSR count). The Hall–Kier alpha value is -3.12. The second-order valence-electron chi connectivity index (χ2n) is 10.3. The highest BCUT2D eigenvalue weighted by molar-refractivity contribution is 7.17. The van der Waals surface area contributed by atoms with Crippen molar-refractivity contribution in [1.29, 1.82) is 0 Å². The lowest BCUT2D eigenvalue weighted by atomic mass is 9.97. The summed E-state index contributed by atoms with van der Waals surface area (Å²) in [6.45, 7) is 10.2. The maximum Gasteiger partial charge on any atom is 0.320 e. The largest absolute Gasteiger partial charge is 0.480 e. The maximum absolute atomic E-state index is 13.0. The summed E-state index contributed by atoms with van der Waals surface area (Å²) in [5, 5.41) is 12.8. The van der Waals surface area contributed by atoms with Gasteiger partial charge in [-0.3, -0.25) is 14.5 Å². The number of piperazine rings is 1. The Bertz CT molecular complexity index is 1320. The summed E-state index contributed by atoms with van der Waals surface area (Å²) in [6, 6.07) is 6.72. The summed E-state index contributed by atoms with van der Waals surface area (Å²) in [6.07, 6.45) is 4.13. The third-order valence-corrected chi connectivity index (χ3v) is 8.40. The van der Waals surface area contributed by atoms with Crippen molar-refractivity contribution in [1.82, 2.24) is 19.9 Å². The van der Waals surface area contributed by atoms with E-state index in [9.17, 15) is 9.59 Å². The molecule has 4 N–H and O–H groups in total. The topological polar surface area (TPSA) is 138 Å². The summed E-state index contributed by atoms with van der Waals surface area (Å²) in [4.78, 5) is 42.8. The Labute approximate surface area is 243 Å². The van der Waals surface area contributed by atoms with Crippen molar-refractivity contribution >= 4 is 46.4 Å². The van der Waals surface area contributed by atoms with Gasteiger partial charge in [0.2, 0.25) is 0 Å². The Morgan fingerprint density at radius 2 is 1.95 bits per heavy atom. The van der Waals surface area contributed by atoms with E-state index in [0.29, 0.717) is 28.1 Å². The molecular weight excluding hydrogens is 550 g/mol. The van der Waals surface area contributed by atoms with Gasteiger partial charge >= 0.3 is 5.97 Å². The Kier molecular flexibility index (Phi) is 10.1. The van der Waals surface area contributed by atoms with Crippen molar-refractivity contribution in [3.8, 4) is 10.4 Å². The molecule has 0 saturated carbocycles. The normalized spacial score (nSPS) is 15.6. The molecule has 2 unspecified atom stereocenters. The molecule has 2 atom stereocenters. The van der Waals surface area contributed by atoms with Crippen LogP contribution in [0.2, 0.25) is 5.02 Å². The van der Waals surface area contributed by atoms with Gasteiger partial charge in [0.25, 0.3) is 5.91 Å². The number of anilines is 2. The molecule has 1 amide bonds. The van der Waals surface area contributed by atoms with Crippen molar-refractivity contribution in [2.24, 2.45) is 11.7 Å². The van der Waals surface area contributed by atoms with Crippen LogP contribution in [-0.2, 0) is 4.79 Å². The quantitative estimate of drug-likeness (QED) is 0.298. The van der Waals surface area contributed by atoms with Crippen molar-refractivity contribution in [3.63, 3.8) is 0 Å². The number of halogens is 1. The number of aryl methyl sites for hydroxylation is 2. The molecule has 1 aliphatic rings. The molecule has 0 spiro atoms. The number of aromatic nitrogens is 3. The Morgan fingerprint density at radius 3 is 2.65 bits per heavy atom. The second kappa shape index (κ2) is 13.5. The molecule has 214 valence electrons. The van der Waals surface area contributed by atoms with Gasteiger partial charge in [0.05, 0.1) is 4.88 Å².